The minimum absolute atomic E-state index is 0.108. The maximum absolute atomic E-state index is 10.5. The highest BCUT2D eigenvalue weighted by atomic mass is 16.6. The maximum atomic E-state index is 10.5. The molecule has 15 heavy (non-hydrogen) atoms. The Bertz CT molecular complexity index is 284. The third kappa shape index (κ3) is 4.49. The Morgan fingerprint density at radius 3 is 2.73 bits per heavy atom. The number of nitro groups is 1. The molecule has 1 heterocycles. The van der Waals surface area contributed by atoms with E-state index >= 15 is 0 Å². The van der Waals surface area contributed by atoms with Crippen molar-refractivity contribution < 1.29 is 4.92 Å². The number of nitrogens with zero attached hydrogens (tertiary/aromatic N) is 1. The zero-order valence-electron chi connectivity index (χ0n) is 9.54. The summed E-state index contributed by atoms with van der Waals surface area (Å²) in [6.07, 6.45) is 3.64. The molecule has 0 saturated carbocycles. The van der Waals surface area contributed by atoms with E-state index in [1.54, 1.807) is 6.20 Å². The molecule has 0 aliphatic carbocycles. The van der Waals surface area contributed by atoms with Gasteiger partial charge in [-0.1, -0.05) is 27.2 Å². The lowest BCUT2D eigenvalue weighted by molar-refractivity contribution is -0.383. The second kappa shape index (κ2) is 7.84. The molecule has 0 spiro atoms. The molecule has 0 aliphatic heterocycles. The third-order valence-corrected chi connectivity index (χ3v) is 1.75. The Labute approximate surface area is 90.0 Å². The summed E-state index contributed by atoms with van der Waals surface area (Å²) in [5, 5.41) is 13.4. The zero-order valence-corrected chi connectivity index (χ0v) is 9.54. The van der Waals surface area contributed by atoms with Gasteiger partial charge in [0, 0.05) is 18.8 Å². The summed E-state index contributed by atoms with van der Waals surface area (Å²) < 4.78 is 0. The second-order valence-electron chi connectivity index (χ2n) is 2.78. The van der Waals surface area contributed by atoms with Gasteiger partial charge in [0.1, 0.15) is 0 Å². The summed E-state index contributed by atoms with van der Waals surface area (Å²) >= 11 is 0. The molecular formula is C10H19N3O2. The van der Waals surface area contributed by atoms with Crippen molar-refractivity contribution in [2.24, 2.45) is 0 Å². The van der Waals surface area contributed by atoms with Gasteiger partial charge in [0.25, 0.3) is 0 Å². The molecule has 0 unspecified atom stereocenters. The molecule has 0 radical (unpaired) electrons. The van der Waals surface area contributed by atoms with Gasteiger partial charge in [0.05, 0.1) is 4.92 Å². The SMILES string of the molecule is CC.CCCCNc1[nH]ccc1[N+](=O)[O-]. The van der Waals surface area contributed by atoms with Crippen LogP contribution in [-0.2, 0) is 0 Å². The quantitative estimate of drug-likeness (QED) is 0.448. The fourth-order valence-electron chi connectivity index (χ4n) is 1.05. The van der Waals surface area contributed by atoms with Crippen molar-refractivity contribution >= 4 is 11.5 Å². The molecular weight excluding hydrogens is 194 g/mol. The third-order valence-electron chi connectivity index (χ3n) is 1.75. The lowest BCUT2D eigenvalue weighted by atomic mass is 10.3. The fourth-order valence-corrected chi connectivity index (χ4v) is 1.05. The summed E-state index contributed by atoms with van der Waals surface area (Å²) in [4.78, 5) is 12.9. The molecule has 0 aliphatic rings. The van der Waals surface area contributed by atoms with E-state index in [0.717, 1.165) is 19.4 Å². The molecule has 0 fully saturated rings. The van der Waals surface area contributed by atoms with Crippen LogP contribution in [0.1, 0.15) is 33.6 Å². The Kier molecular flexibility index (Phi) is 7.05. The molecule has 0 amide bonds. The topological polar surface area (TPSA) is 71.0 Å². The summed E-state index contributed by atoms with van der Waals surface area (Å²) in [5.41, 5.74) is 0.108. The zero-order chi connectivity index (χ0) is 11.7. The summed E-state index contributed by atoms with van der Waals surface area (Å²) in [6, 6.07) is 1.45. The molecule has 1 aromatic rings. The smallest absolute Gasteiger partial charge is 0.310 e. The number of hydrogen-bond acceptors (Lipinski definition) is 3. The summed E-state index contributed by atoms with van der Waals surface area (Å²) in [5.74, 6) is 0.499. The molecule has 86 valence electrons. The van der Waals surface area contributed by atoms with E-state index in [9.17, 15) is 10.1 Å². The number of rotatable bonds is 5. The number of hydrogen-bond donors (Lipinski definition) is 2. The average Bonchev–Trinajstić information content (AvgIpc) is 2.70. The molecule has 0 bridgehead atoms. The van der Waals surface area contributed by atoms with Crippen LogP contribution in [0.25, 0.3) is 0 Å². The highest BCUT2D eigenvalue weighted by molar-refractivity contribution is 5.56. The predicted molar refractivity (Wildman–Crippen MR) is 62.2 cm³/mol. The first-order chi connectivity index (χ1) is 7.25. The number of unbranched alkanes of at least 4 members (excludes halogenated alkanes) is 1. The van der Waals surface area contributed by atoms with E-state index in [1.165, 1.54) is 6.07 Å². The van der Waals surface area contributed by atoms with Crippen LogP contribution in [0, 0.1) is 10.1 Å². The first-order valence-corrected chi connectivity index (χ1v) is 5.31. The van der Waals surface area contributed by atoms with E-state index in [2.05, 4.69) is 17.2 Å². The summed E-state index contributed by atoms with van der Waals surface area (Å²) in [6.45, 7) is 6.84. The van der Waals surface area contributed by atoms with Gasteiger partial charge < -0.3 is 10.3 Å². The van der Waals surface area contributed by atoms with Gasteiger partial charge in [0.15, 0.2) is 5.82 Å². The van der Waals surface area contributed by atoms with Crippen molar-refractivity contribution in [3.8, 4) is 0 Å². The molecule has 1 rings (SSSR count). The lowest BCUT2D eigenvalue weighted by Crippen LogP contribution is -2.03. The van der Waals surface area contributed by atoms with E-state index in [4.69, 9.17) is 0 Å². The van der Waals surface area contributed by atoms with Crippen molar-refractivity contribution in [2.75, 3.05) is 11.9 Å². The molecule has 2 N–H and O–H groups in total. The average molecular weight is 213 g/mol. The Morgan fingerprint density at radius 2 is 2.20 bits per heavy atom. The van der Waals surface area contributed by atoms with Crippen molar-refractivity contribution in [1.29, 1.82) is 0 Å². The van der Waals surface area contributed by atoms with Crippen LogP contribution in [0.2, 0.25) is 0 Å². The van der Waals surface area contributed by atoms with Crippen LogP contribution < -0.4 is 5.32 Å². The largest absolute Gasteiger partial charge is 0.366 e. The Balaban J connectivity index is 0.000000921. The Morgan fingerprint density at radius 1 is 1.53 bits per heavy atom. The molecule has 5 nitrogen and oxygen atoms in total. The van der Waals surface area contributed by atoms with Gasteiger partial charge in [-0.05, 0) is 6.42 Å². The summed E-state index contributed by atoms with van der Waals surface area (Å²) in [7, 11) is 0. The van der Waals surface area contributed by atoms with Gasteiger partial charge in [0.2, 0.25) is 0 Å². The predicted octanol–water partition coefficient (Wildman–Crippen LogP) is 3.16. The minimum Gasteiger partial charge on any atom is -0.366 e. The highest BCUT2D eigenvalue weighted by Gasteiger charge is 2.13. The van der Waals surface area contributed by atoms with Crippen LogP contribution >= 0.6 is 0 Å². The second-order valence-corrected chi connectivity index (χ2v) is 2.78. The fraction of sp³-hybridized carbons (Fsp3) is 0.600. The van der Waals surface area contributed by atoms with Crippen molar-refractivity contribution in [3.05, 3.63) is 22.4 Å². The molecule has 5 heteroatoms. The lowest BCUT2D eigenvalue weighted by Gasteiger charge is -2.01. The number of aromatic nitrogens is 1. The maximum Gasteiger partial charge on any atom is 0.310 e. The van der Waals surface area contributed by atoms with Crippen LogP contribution in [0.3, 0.4) is 0 Å². The molecule has 0 saturated heterocycles. The first kappa shape index (κ1) is 13.5. The number of nitrogens with one attached hydrogen (secondary N) is 2. The van der Waals surface area contributed by atoms with E-state index < -0.39 is 4.92 Å². The number of H-pyrrole nitrogens is 1. The monoisotopic (exact) mass is 213 g/mol. The molecule has 0 atom stereocenters. The standard InChI is InChI=1S/C8H13N3O2.C2H6/c1-2-3-5-9-8-7(11(12)13)4-6-10-8;1-2/h4,6,9-10H,2-3,5H2,1H3;1-2H3. The van der Waals surface area contributed by atoms with E-state index in [-0.39, 0.29) is 5.69 Å². The normalized spacial score (nSPS) is 9.00. The van der Waals surface area contributed by atoms with Crippen LogP contribution in [-0.4, -0.2) is 16.5 Å². The Hall–Kier alpha value is -1.52. The van der Waals surface area contributed by atoms with Crippen molar-refractivity contribution in [1.82, 2.24) is 4.98 Å². The van der Waals surface area contributed by atoms with Crippen molar-refractivity contribution in [3.63, 3.8) is 0 Å². The molecule has 1 aromatic heterocycles. The van der Waals surface area contributed by atoms with Crippen LogP contribution in [0.4, 0.5) is 11.5 Å². The molecule has 0 aromatic carbocycles. The van der Waals surface area contributed by atoms with Gasteiger partial charge >= 0.3 is 5.69 Å². The van der Waals surface area contributed by atoms with Gasteiger partial charge in [-0.2, -0.15) is 0 Å². The minimum atomic E-state index is -0.398. The van der Waals surface area contributed by atoms with E-state index in [0.29, 0.717) is 5.82 Å². The van der Waals surface area contributed by atoms with Crippen molar-refractivity contribution in [2.45, 2.75) is 33.6 Å². The first-order valence-electron chi connectivity index (χ1n) is 5.31. The van der Waals surface area contributed by atoms with Crippen LogP contribution in [0.15, 0.2) is 12.3 Å². The van der Waals surface area contributed by atoms with E-state index in [1.807, 2.05) is 13.8 Å². The highest BCUT2D eigenvalue weighted by Crippen LogP contribution is 2.21. The van der Waals surface area contributed by atoms with Gasteiger partial charge in [-0.25, -0.2) is 0 Å². The van der Waals surface area contributed by atoms with Gasteiger partial charge in [-0.3, -0.25) is 10.1 Å². The number of anilines is 1. The number of aromatic amines is 1. The van der Waals surface area contributed by atoms with Gasteiger partial charge in [-0.15, -0.1) is 0 Å². The van der Waals surface area contributed by atoms with Crippen LogP contribution in [0.5, 0.6) is 0 Å².